The highest BCUT2D eigenvalue weighted by atomic mass is 19.1. The molecular weight excluding hydrogens is 598 g/mol. The van der Waals surface area contributed by atoms with E-state index in [2.05, 4.69) is 21.3 Å². The van der Waals surface area contributed by atoms with Gasteiger partial charge in [0.15, 0.2) is 6.10 Å². The van der Waals surface area contributed by atoms with E-state index in [1.54, 1.807) is 41.5 Å². The minimum Gasteiger partial charge on any atom is -0.444 e. The number of amides is 3. The molecule has 0 radical (unpaired) electrons. The van der Waals surface area contributed by atoms with Gasteiger partial charge in [0, 0.05) is 19.1 Å². The number of nitrogens with one attached hydrogen (secondary N) is 4. The zero-order valence-corrected chi connectivity index (χ0v) is 27.8. The van der Waals surface area contributed by atoms with Gasteiger partial charge in [-0.15, -0.1) is 0 Å². The molecule has 2 aromatic rings. The van der Waals surface area contributed by atoms with Crippen molar-refractivity contribution in [3.8, 4) is 0 Å². The number of aliphatic hydroxyl groups is 1. The molecule has 0 heterocycles. The summed E-state index contributed by atoms with van der Waals surface area (Å²) in [6, 6.07) is 11.1. The van der Waals surface area contributed by atoms with Crippen molar-refractivity contribution in [1.82, 2.24) is 21.3 Å². The Hall–Kier alpha value is -3.77. The normalized spacial score (nSPS) is 13.7. The predicted octanol–water partition coefficient (Wildman–Crippen LogP) is 4.77. The maximum absolute atomic E-state index is 14.3. The third-order valence-electron chi connectivity index (χ3n) is 6.60. The van der Waals surface area contributed by atoms with Crippen LogP contribution in [0.3, 0.4) is 0 Å². The Kier molecular flexibility index (Phi) is 15.4. The number of carbonyl (C=O) groups excluding carboxylic acids is 3. The number of hydrogen-bond donors (Lipinski definition) is 5. The molecule has 3 amide bonds. The predicted molar refractivity (Wildman–Crippen MR) is 172 cm³/mol. The Bertz CT molecular complexity index is 1250. The van der Waals surface area contributed by atoms with Crippen LogP contribution in [0.25, 0.3) is 0 Å². The Morgan fingerprint density at radius 2 is 1.43 bits per heavy atom. The SMILES string of the molecule is CC(C)(C)OC(=O)NC(CCCCNCCNC(=O)C(O)C(Cc1ccccc1)NC(=O)OC(C)(C)C)Cc1cc(F)ccc1F. The number of aliphatic hydroxyl groups excluding tert-OH is 1. The van der Waals surface area contributed by atoms with Crippen LogP contribution in [0.5, 0.6) is 0 Å². The van der Waals surface area contributed by atoms with Crippen LogP contribution < -0.4 is 21.3 Å². The molecule has 3 unspecified atom stereocenters. The molecule has 3 atom stereocenters. The van der Waals surface area contributed by atoms with E-state index in [0.29, 0.717) is 32.4 Å². The van der Waals surface area contributed by atoms with Gasteiger partial charge >= 0.3 is 12.2 Å². The Labute approximate surface area is 271 Å². The van der Waals surface area contributed by atoms with Gasteiger partial charge in [0.1, 0.15) is 22.8 Å². The lowest BCUT2D eigenvalue weighted by Crippen LogP contribution is -2.53. The van der Waals surface area contributed by atoms with Crippen molar-refractivity contribution in [1.29, 1.82) is 0 Å². The van der Waals surface area contributed by atoms with E-state index in [0.717, 1.165) is 23.8 Å². The molecule has 0 aliphatic rings. The fraction of sp³-hybridized carbons (Fsp3) is 0.559. The smallest absolute Gasteiger partial charge is 0.407 e. The van der Waals surface area contributed by atoms with Crippen LogP contribution in [0.1, 0.15) is 71.9 Å². The van der Waals surface area contributed by atoms with E-state index >= 15 is 0 Å². The molecule has 2 rings (SSSR count). The van der Waals surface area contributed by atoms with Gasteiger partial charge in [-0.3, -0.25) is 4.79 Å². The van der Waals surface area contributed by atoms with Gasteiger partial charge in [0.25, 0.3) is 5.91 Å². The Balaban J connectivity index is 1.81. The van der Waals surface area contributed by atoms with Crippen molar-refractivity contribution < 1.29 is 37.7 Å². The molecule has 0 aliphatic heterocycles. The van der Waals surface area contributed by atoms with Crippen LogP contribution >= 0.6 is 0 Å². The van der Waals surface area contributed by atoms with Crippen LogP contribution in [-0.2, 0) is 27.1 Å². The molecule has 0 fully saturated rings. The van der Waals surface area contributed by atoms with Crippen LogP contribution in [0, 0.1) is 11.6 Å². The quantitative estimate of drug-likeness (QED) is 0.165. The average Bonchev–Trinajstić information content (AvgIpc) is 2.94. The molecule has 2 aromatic carbocycles. The monoisotopic (exact) mass is 648 g/mol. The summed E-state index contributed by atoms with van der Waals surface area (Å²) in [6.45, 7) is 11.7. The molecular formula is C34H50F2N4O6. The number of benzene rings is 2. The summed E-state index contributed by atoms with van der Waals surface area (Å²) < 4.78 is 38.6. The molecule has 0 aromatic heterocycles. The number of unbranched alkanes of at least 4 members (excludes halogenated alkanes) is 1. The van der Waals surface area contributed by atoms with Crippen LogP contribution in [0.15, 0.2) is 48.5 Å². The van der Waals surface area contributed by atoms with Crippen molar-refractivity contribution in [3.05, 3.63) is 71.3 Å². The van der Waals surface area contributed by atoms with E-state index in [1.165, 1.54) is 0 Å². The molecule has 0 saturated carbocycles. The molecule has 10 nitrogen and oxygen atoms in total. The fourth-order valence-corrected chi connectivity index (χ4v) is 4.56. The summed E-state index contributed by atoms with van der Waals surface area (Å²) in [5, 5.41) is 22.1. The first-order valence-electron chi connectivity index (χ1n) is 15.7. The van der Waals surface area contributed by atoms with Crippen molar-refractivity contribution in [2.45, 2.75) is 103 Å². The van der Waals surface area contributed by atoms with E-state index in [-0.39, 0.29) is 24.9 Å². The minimum atomic E-state index is -1.51. The number of halogens is 2. The summed E-state index contributed by atoms with van der Waals surface area (Å²) in [5.74, 6) is -1.72. The van der Waals surface area contributed by atoms with Crippen LogP contribution in [0.4, 0.5) is 18.4 Å². The molecule has 0 bridgehead atoms. The number of ether oxygens (including phenoxy) is 2. The highest BCUT2D eigenvalue weighted by molar-refractivity contribution is 5.82. The summed E-state index contributed by atoms with van der Waals surface area (Å²) in [7, 11) is 0. The number of rotatable bonds is 16. The molecule has 0 aliphatic carbocycles. The van der Waals surface area contributed by atoms with Gasteiger partial charge in [-0.25, -0.2) is 18.4 Å². The highest BCUT2D eigenvalue weighted by Crippen LogP contribution is 2.16. The first-order valence-corrected chi connectivity index (χ1v) is 15.7. The van der Waals surface area contributed by atoms with E-state index < -0.39 is 59.1 Å². The van der Waals surface area contributed by atoms with Gasteiger partial charge in [-0.1, -0.05) is 36.8 Å². The molecule has 5 N–H and O–H groups in total. The Morgan fingerprint density at radius 3 is 2.07 bits per heavy atom. The number of carbonyl (C=O) groups is 3. The van der Waals surface area contributed by atoms with Gasteiger partial charge in [0.05, 0.1) is 6.04 Å². The average molecular weight is 649 g/mol. The second kappa shape index (κ2) is 18.4. The molecule has 0 saturated heterocycles. The van der Waals surface area contributed by atoms with Crippen molar-refractivity contribution in [2.24, 2.45) is 0 Å². The van der Waals surface area contributed by atoms with Crippen molar-refractivity contribution in [3.63, 3.8) is 0 Å². The molecule has 0 spiro atoms. The highest BCUT2D eigenvalue weighted by Gasteiger charge is 2.29. The van der Waals surface area contributed by atoms with E-state index in [1.807, 2.05) is 30.3 Å². The maximum atomic E-state index is 14.3. The summed E-state index contributed by atoms with van der Waals surface area (Å²) >= 11 is 0. The van der Waals surface area contributed by atoms with E-state index in [4.69, 9.17) is 9.47 Å². The minimum absolute atomic E-state index is 0.110. The summed E-state index contributed by atoms with van der Waals surface area (Å²) in [5.41, 5.74) is -0.438. The first-order chi connectivity index (χ1) is 21.5. The molecule has 256 valence electrons. The summed E-state index contributed by atoms with van der Waals surface area (Å²) in [6.07, 6.45) is -0.635. The van der Waals surface area contributed by atoms with Gasteiger partial charge < -0.3 is 35.8 Å². The Morgan fingerprint density at radius 1 is 0.804 bits per heavy atom. The second-order valence-corrected chi connectivity index (χ2v) is 13.2. The second-order valence-electron chi connectivity index (χ2n) is 13.2. The topological polar surface area (TPSA) is 138 Å². The van der Waals surface area contributed by atoms with Gasteiger partial charge in [-0.2, -0.15) is 0 Å². The lowest BCUT2D eigenvalue weighted by molar-refractivity contribution is -0.130. The third-order valence-corrected chi connectivity index (χ3v) is 6.60. The van der Waals surface area contributed by atoms with Crippen LogP contribution in [-0.4, -0.2) is 72.2 Å². The standard InChI is InChI=1S/C34H50F2N4O6/c1-33(2,3)45-31(43)39-26(22-24-21-25(35)15-16-27(24)36)14-10-11-17-37-18-19-38-30(42)29(41)28(20-23-12-8-7-9-13-23)40-32(44)46-34(4,5)6/h7-9,12-13,15-16,21,26,28-29,37,41H,10-11,14,17-20,22H2,1-6H3,(H,38,42)(H,39,43)(H,40,44). The fourth-order valence-electron chi connectivity index (χ4n) is 4.56. The number of hydrogen-bond acceptors (Lipinski definition) is 7. The van der Waals surface area contributed by atoms with E-state index in [9.17, 15) is 28.3 Å². The van der Waals surface area contributed by atoms with Gasteiger partial charge in [-0.05, 0) is 103 Å². The lowest BCUT2D eigenvalue weighted by Gasteiger charge is -2.26. The van der Waals surface area contributed by atoms with Crippen molar-refractivity contribution in [2.75, 3.05) is 19.6 Å². The van der Waals surface area contributed by atoms with Crippen molar-refractivity contribution >= 4 is 18.1 Å². The maximum Gasteiger partial charge on any atom is 0.407 e. The summed E-state index contributed by atoms with van der Waals surface area (Å²) in [4.78, 5) is 37.5. The zero-order chi connectivity index (χ0) is 34.3. The zero-order valence-electron chi connectivity index (χ0n) is 27.8. The van der Waals surface area contributed by atoms with Crippen LogP contribution in [0.2, 0.25) is 0 Å². The first kappa shape index (κ1) is 38.4. The molecule has 46 heavy (non-hydrogen) atoms. The number of alkyl carbamates (subject to hydrolysis) is 2. The lowest BCUT2D eigenvalue weighted by atomic mass is 10.0. The van der Waals surface area contributed by atoms with Gasteiger partial charge in [0.2, 0.25) is 0 Å². The largest absolute Gasteiger partial charge is 0.444 e. The third kappa shape index (κ3) is 16.0. The molecule has 12 heteroatoms.